The van der Waals surface area contributed by atoms with Crippen molar-refractivity contribution in [3.8, 4) is 0 Å². The third-order valence-electron chi connectivity index (χ3n) is 4.59. The number of rotatable bonds is 12. The van der Waals surface area contributed by atoms with Crippen molar-refractivity contribution < 1.29 is 5.11 Å². The maximum Gasteiger partial charge on any atom is 0.0750 e. The zero-order chi connectivity index (χ0) is 14.5. The predicted molar refractivity (Wildman–Crippen MR) is 89.0 cm³/mol. The van der Waals surface area contributed by atoms with E-state index in [1.54, 1.807) is 0 Å². The molecule has 0 aromatic rings. The summed E-state index contributed by atoms with van der Waals surface area (Å²) in [5, 5.41) is 10.1. The summed E-state index contributed by atoms with van der Waals surface area (Å²) < 4.78 is 0. The fourth-order valence-corrected chi connectivity index (χ4v) is 3.18. The molecule has 0 aromatic heterocycles. The first-order valence-corrected chi connectivity index (χ1v) is 9.21. The fourth-order valence-electron chi connectivity index (χ4n) is 3.18. The second-order valence-electron chi connectivity index (χ2n) is 6.51. The predicted octanol–water partition coefficient (Wildman–Crippen LogP) is 6.16. The van der Waals surface area contributed by atoms with E-state index in [2.05, 4.69) is 13.0 Å². The van der Waals surface area contributed by atoms with Gasteiger partial charge in [-0.3, -0.25) is 0 Å². The second kappa shape index (κ2) is 12.4. The summed E-state index contributed by atoms with van der Waals surface area (Å²) in [6.07, 6.45) is 21.8. The number of unbranched alkanes of at least 4 members (excludes halogenated alkanes) is 9. The highest BCUT2D eigenvalue weighted by molar-refractivity contribution is 5.10. The van der Waals surface area contributed by atoms with Crippen molar-refractivity contribution in [2.24, 2.45) is 0 Å². The Balaban J connectivity index is 1.85. The summed E-state index contributed by atoms with van der Waals surface area (Å²) in [5.41, 5.74) is 1.33. The van der Waals surface area contributed by atoms with E-state index >= 15 is 0 Å². The van der Waals surface area contributed by atoms with E-state index in [1.807, 2.05) is 0 Å². The molecule has 0 aromatic carbocycles. The van der Waals surface area contributed by atoms with Gasteiger partial charge in [0.2, 0.25) is 0 Å². The van der Waals surface area contributed by atoms with Crippen LogP contribution >= 0.6 is 0 Å². The average molecular weight is 280 g/mol. The summed E-state index contributed by atoms with van der Waals surface area (Å²) >= 11 is 0. The van der Waals surface area contributed by atoms with Crippen LogP contribution in [0.4, 0.5) is 0 Å². The molecule has 0 heterocycles. The third-order valence-corrected chi connectivity index (χ3v) is 4.59. The van der Waals surface area contributed by atoms with Gasteiger partial charge in [-0.1, -0.05) is 77.2 Å². The Labute approximate surface area is 126 Å². The maximum absolute atomic E-state index is 10.1. The van der Waals surface area contributed by atoms with Crippen LogP contribution in [0.2, 0.25) is 0 Å². The average Bonchev–Trinajstić information content (AvgIpc) is 2.50. The third kappa shape index (κ3) is 8.79. The standard InChI is InChI=1S/C19H36O/c1-2-3-4-5-6-7-8-9-10-14-17-19(20)18-15-12-11-13-16-18/h15,19-20H,2-14,16-17H2,1H3. The number of aliphatic hydroxyl groups is 1. The van der Waals surface area contributed by atoms with Crippen LogP contribution in [-0.2, 0) is 0 Å². The molecule has 1 unspecified atom stereocenters. The Bertz CT molecular complexity index is 244. The molecule has 0 spiro atoms. The summed E-state index contributed by atoms with van der Waals surface area (Å²) in [6.45, 7) is 2.28. The lowest BCUT2D eigenvalue weighted by Crippen LogP contribution is -2.12. The molecular weight excluding hydrogens is 244 g/mol. The molecule has 0 radical (unpaired) electrons. The Morgan fingerprint density at radius 1 is 0.900 bits per heavy atom. The van der Waals surface area contributed by atoms with Crippen LogP contribution in [0.15, 0.2) is 11.6 Å². The second-order valence-corrected chi connectivity index (χ2v) is 6.51. The van der Waals surface area contributed by atoms with E-state index in [-0.39, 0.29) is 6.10 Å². The minimum absolute atomic E-state index is 0.135. The molecule has 1 atom stereocenters. The zero-order valence-corrected chi connectivity index (χ0v) is 13.7. The van der Waals surface area contributed by atoms with E-state index < -0.39 is 0 Å². The number of allylic oxidation sites excluding steroid dienone is 1. The van der Waals surface area contributed by atoms with Crippen LogP contribution in [0.25, 0.3) is 0 Å². The van der Waals surface area contributed by atoms with Gasteiger partial charge in [0, 0.05) is 0 Å². The molecule has 1 N–H and O–H groups in total. The Kier molecular flexibility index (Phi) is 11.0. The molecule has 0 fully saturated rings. The summed E-state index contributed by atoms with van der Waals surface area (Å²) in [6, 6.07) is 0. The van der Waals surface area contributed by atoms with Gasteiger partial charge in [0.25, 0.3) is 0 Å². The summed E-state index contributed by atoms with van der Waals surface area (Å²) in [7, 11) is 0. The highest BCUT2D eigenvalue weighted by Gasteiger charge is 2.12. The van der Waals surface area contributed by atoms with E-state index in [4.69, 9.17) is 0 Å². The molecule has 1 rings (SSSR count). The van der Waals surface area contributed by atoms with Gasteiger partial charge in [0.15, 0.2) is 0 Å². The van der Waals surface area contributed by atoms with Gasteiger partial charge in [0.05, 0.1) is 6.10 Å². The molecule has 1 nitrogen and oxygen atoms in total. The topological polar surface area (TPSA) is 20.2 Å². The van der Waals surface area contributed by atoms with Crippen molar-refractivity contribution in [1.29, 1.82) is 0 Å². The Hall–Kier alpha value is -0.300. The Morgan fingerprint density at radius 3 is 2.05 bits per heavy atom. The van der Waals surface area contributed by atoms with Gasteiger partial charge in [-0.2, -0.15) is 0 Å². The van der Waals surface area contributed by atoms with Crippen molar-refractivity contribution in [1.82, 2.24) is 0 Å². The molecule has 1 aliphatic rings. The first-order chi connectivity index (χ1) is 9.84. The fraction of sp³-hybridized carbons (Fsp3) is 0.895. The van der Waals surface area contributed by atoms with Gasteiger partial charge in [-0.05, 0) is 37.7 Å². The van der Waals surface area contributed by atoms with Gasteiger partial charge < -0.3 is 5.11 Å². The minimum Gasteiger partial charge on any atom is -0.389 e. The van der Waals surface area contributed by atoms with Crippen molar-refractivity contribution in [3.05, 3.63) is 11.6 Å². The lowest BCUT2D eigenvalue weighted by Gasteiger charge is -2.18. The number of hydrogen-bond acceptors (Lipinski definition) is 1. The largest absolute Gasteiger partial charge is 0.389 e. The molecule has 118 valence electrons. The van der Waals surface area contributed by atoms with Gasteiger partial charge in [0.1, 0.15) is 0 Å². The normalized spacial score (nSPS) is 17.0. The van der Waals surface area contributed by atoms with Crippen LogP contribution in [0.5, 0.6) is 0 Å². The van der Waals surface area contributed by atoms with Crippen molar-refractivity contribution >= 4 is 0 Å². The van der Waals surface area contributed by atoms with Crippen LogP contribution in [0, 0.1) is 0 Å². The summed E-state index contributed by atoms with van der Waals surface area (Å²) in [4.78, 5) is 0. The van der Waals surface area contributed by atoms with E-state index in [9.17, 15) is 5.11 Å². The summed E-state index contributed by atoms with van der Waals surface area (Å²) in [5.74, 6) is 0. The lowest BCUT2D eigenvalue weighted by atomic mass is 9.92. The lowest BCUT2D eigenvalue weighted by molar-refractivity contribution is 0.189. The maximum atomic E-state index is 10.1. The molecule has 0 amide bonds. The van der Waals surface area contributed by atoms with E-state index in [0.29, 0.717) is 0 Å². The van der Waals surface area contributed by atoms with Crippen molar-refractivity contribution in [3.63, 3.8) is 0 Å². The minimum atomic E-state index is -0.135. The molecule has 1 aliphatic carbocycles. The SMILES string of the molecule is CCCCCCCCCCCCC(O)C1=CCCCC1. The zero-order valence-electron chi connectivity index (χ0n) is 13.7. The molecule has 0 aliphatic heterocycles. The van der Waals surface area contributed by atoms with Crippen LogP contribution in [0.3, 0.4) is 0 Å². The molecular formula is C19H36O. The quantitative estimate of drug-likeness (QED) is 0.335. The van der Waals surface area contributed by atoms with Crippen LogP contribution in [-0.4, -0.2) is 11.2 Å². The van der Waals surface area contributed by atoms with E-state index in [0.717, 1.165) is 12.8 Å². The Morgan fingerprint density at radius 2 is 1.50 bits per heavy atom. The van der Waals surface area contributed by atoms with Crippen molar-refractivity contribution in [2.45, 2.75) is 109 Å². The van der Waals surface area contributed by atoms with Crippen molar-refractivity contribution in [2.75, 3.05) is 0 Å². The van der Waals surface area contributed by atoms with Gasteiger partial charge in [-0.25, -0.2) is 0 Å². The molecule has 0 saturated heterocycles. The highest BCUT2D eigenvalue weighted by atomic mass is 16.3. The monoisotopic (exact) mass is 280 g/mol. The number of aliphatic hydroxyl groups excluding tert-OH is 1. The van der Waals surface area contributed by atoms with Crippen LogP contribution in [0.1, 0.15) is 103 Å². The van der Waals surface area contributed by atoms with E-state index in [1.165, 1.54) is 89.0 Å². The first kappa shape index (κ1) is 17.8. The molecule has 20 heavy (non-hydrogen) atoms. The first-order valence-electron chi connectivity index (χ1n) is 9.21. The van der Waals surface area contributed by atoms with Gasteiger partial charge >= 0.3 is 0 Å². The number of hydrogen-bond donors (Lipinski definition) is 1. The molecule has 0 bridgehead atoms. The molecule has 0 saturated carbocycles. The molecule has 1 heteroatoms. The smallest absolute Gasteiger partial charge is 0.0750 e. The van der Waals surface area contributed by atoms with Gasteiger partial charge in [-0.15, -0.1) is 0 Å². The highest BCUT2D eigenvalue weighted by Crippen LogP contribution is 2.23. The van der Waals surface area contributed by atoms with Crippen LogP contribution < -0.4 is 0 Å².